The first-order valence-electron chi connectivity index (χ1n) is 18.6. The number of hydrogen-bond acceptors (Lipinski definition) is 4. The Hall–Kier alpha value is -7.43. The van der Waals surface area contributed by atoms with E-state index in [-0.39, 0.29) is 0 Å². The van der Waals surface area contributed by atoms with Gasteiger partial charge in [-0.25, -0.2) is 4.98 Å². The molecule has 0 radical (unpaired) electrons. The van der Waals surface area contributed by atoms with Crippen LogP contribution in [0, 0.1) is 0 Å². The zero-order valence-electron chi connectivity index (χ0n) is 29.5. The topological polar surface area (TPSA) is 42.4 Å². The minimum absolute atomic E-state index is 0.580. The monoisotopic (exact) mass is 702 g/mol. The van der Waals surface area contributed by atoms with Crippen LogP contribution in [-0.2, 0) is 0 Å². The first-order valence-corrected chi connectivity index (χ1v) is 18.6. The highest BCUT2D eigenvalue weighted by atomic mass is 16.3. The number of benzene rings is 10. The van der Waals surface area contributed by atoms with E-state index in [2.05, 4.69) is 157 Å². The van der Waals surface area contributed by atoms with Crippen LogP contribution in [0.4, 0.5) is 17.1 Å². The van der Waals surface area contributed by atoms with E-state index in [9.17, 15) is 0 Å². The quantitative estimate of drug-likeness (QED) is 0.171. The molecule has 0 aliphatic rings. The van der Waals surface area contributed by atoms with Crippen molar-refractivity contribution in [1.82, 2.24) is 4.98 Å². The molecule has 0 aliphatic heterocycles. The Kier molecular flexibility index (Phi) is 6.31. The molecule has 0 spiro atoms. The van der Waals surface area contributed by atoms with E-state index >= 15 is 0 Å². The second-order valence-electron chi connectivity index (χ2n) is 14.3. The van der Waals surface area contributed by atoms with E-state index < -0.39 is 0 Å². The first kappa shape index (κ1) is 30.1. The lowest BCUT2D eigenvalue weighted by Gasteiger charge is -2.28. The van der Waals surface area contributed by atoms with E-state index in [4.69, 9.17) is 13.8 Å². The molecule has 4 heteroatoms. The molecule has 0 fully saturated rings. The molecule has 0 unspecified atom stereocenters. The van der Waals surface area contributed by atoms with E-state index in [1.165, 1.54) is 43.1 Å². The molecule has 12 rings (SSSR count). The van der Waals surface area contributed by atoms with Gasteiger partial charge in [0.1, 0.15) is 16.7 Å². The standard InChI is InChI=1S/C51H30N2O2/c1-2-12-35-29-36(23-19-31(35)9-1)53(44-17-7-13-34-21-25-40-38-14-5-3-10-32(38)20-26-41(40)48(34)44)37-24-27-42-47(30-37)54-45-18-8-16-43(49(42)45)51-52-50-39-15-6-4-11-33(39)22-28-46(50)55-51/h1-30H. The van der Waals surface area contributed by atoms with Gasteiger partial charge in [-0.3, -0.25) is 0 Å². The maximum atomic E-state index is 6.70. The fourth-order valence-corrected chi connectivity index (χ4v) is 8.69. The molecule has 0 saturated heterocycles. The predicted octanol–water partition coefficient (Wildman–Crippen LogP) is 14.6. The molecule has 0 amide bonds. The maximum absolute atomic E-state index is 6.70. The van der Waals surface area contributed by atoms with E-state index in [1.807, 2.05) is 30.3 Å². The SMILES string of the molecule is c1ccc2cc(N(c3ccc4c(c3)oc3cccc(-c5nc6c(ccc7ccccc76)o5)c34)c3cccc4ccc5c6ccccc6ccc5c34)ccc2c1. The van der Waals surface area contributed by atoms with Crippen molar-refractivity contribution in [2.75, 3.05) is 4.90 Å². The highest BCUT2D eigenvalue weighted by molar-refractivity contribution is 6.22. The normalized spacial score (nSPS) is 12.0. The van der Waals surface area contributed by atoms with Gasteiger partial charge in [-0.2, -0.15) is 0 Å². The van der Waals surface area contributed by atoms with E-state index in [1.54, 1.807) is 0 Å². The van der Waals surface area contributed by atoms with Crippen LogP contribution in [0.1, 0.15) is 0 Å². The van der Waals surface area contributed by atoms with Crippen molar-refractivity contribution < 1.29 is 8.83 Å². The van der Waals surface area contributed by atoms with Crippen molar-refractivity contribution in [2.24, 2.45) is 0 Å². The Morgan fingerprint density at radius 2 is 1.02 bits per heavy atom. The molecule has 0 aliphatic carbocycles. The summed E-state index contributed by atoms with van der Waals surface area (Å²) in [7, 11) is 0. The molecule has 55 heavy (non-hydrogen) atoms. The summed E-state index contributed by atoms with van der Waals surface area (Å²) in [6, 6.07) is 64.6. The van der Waals surface area contributed by atoms with Crippen LogP contribution in [0.5, 0.6) is 0 Å². The van der Waals surface area contributed by atoms with Gasteiger partial charge in [0.15, 0.2) is 5.58 Å². The van der Waals surface area contributed by atoms with Crippen LogP contribution < -0.4 is 4.90 Å². The molecular formula is C51H30N2O2. The third-order valence-corrected chi connectivity index (χ3v) is 11.2. The van der Waals surface area contributed by atoms with Gasteiger partial charge in [0, 0.05) is 44.5 Å². The fourth-order valence-electron chi connectivity index (χ4n) is 8.69. The summed E-state index contributed by atoms with van der Waals surface area (Å²) in [5.41, 5.74) is 7.29. The van der Waals surface area contributed by atoms with Crippen molar-refractivity contribution >= 4 is 104 Å². The number of aromatic nitrogens is 1. The Labute approximate surface area is 315 Å². The number of anilines is 3. The van der Waals surface area contributed by atoms with Crippen LogP contribution in [0.3, 0.4) is 0 Å². The molecule has 2 aromatic heterocycles. The molecule has 12 aromatic rings. The van der Waals surface area contributed by atoms with Crippen molar-refractivity contribution in [2.45, 2.75) is 0 Å². The lowest BCUT2D eigenvalue weighted by Crippen LogP contribution is -2.10. The minimum Gasteiger partial charge on any atom is -0.456 e. The number of hydrogen-bond donors (Lipinski definition) is 0. The van der Waals surface area contributed by atoms with Crippen LogP contribution in [0.2, 0.25) is 0 Å². The number of furan rings is 1. The lowest BCUT2D eigenvalue weighted by molar-refractivity contribution is 0.620. The zero-order chi connectivity index (χ0) is 36.0. The maximum Gasteiger partial charge on any atom is 0.228 e. The molecule has 0 bridgehead atoms. The summed E-state index contributed by atoms with van der Waals surface area (Å²) in [6.07, 6.45) is 0. The molecule has 0 N–H and O–H groups in total. The van der Waals surface area contributed by atoms with Crippen molar-refractivity contribution in [3.8, 4) is 11.5 Å². The smallest absolute Gasteiger partial charge is 0.228 e. The minimum atomic E-state index is 0.580. The van der Waals surface area contributed by atoms with E-state index in [0.29, 0.717) is 5.89 Å². The zero-order valence-corrected chi connectivity index (χ0v) is 29.5. The van der Waals surface area contributed by atoms with Gasteiger partial charge in [0.05, 0.1) is 5.69 Å². The average Bonchev–Trinajstić information content (AvgIpc) is 3.86. The van der Waals surface area contributed by atoms with Gasteiger partial charge >= 0.3 is 0 Å². The summed E-state index contributed by atoms with van der Waals surface area (Å²) in [5, 5.41) is 13.9. The third-order valence-electron chi connectivity index (χ3n) is 11.2. The van der Waals surface area contributed by atoms with Crippen molar-refractivity contribution in [3.05, 3.63) is 182 Å². The number of rotatable bonds is 4. The fraction of sp³-hybridized carbons (Fsp3) is 0. The van der Waals surface area contributed by atoms with Gasteiger partial charge in [0.2, 0.25) is 5.89 Å². The van der Waals surface area contributed by atoms with Crippen LogP contribution in [0.15, 0.2) is 191 Å². The molecule has 2 heterocycles. The molecule has 0 atom stereocenters. The molecule has 10 aromatic carbocycles. The van der Waals surface area contributed by atoms with Crippen molar-refractivity contribution in [1.29, 1.82) is 0 Å². The Morgan fingerprint density at radius 1 is 0.364 bits per heavy atom. The second kappa shape index (κ2) is 11.5. The predicted molar refractivity (Wildman–Crippen MR) is 229 cm³/mol. The first-order chi connectivity index (χ1) is 27.2. The summed E-state index contributed by atoms with van der Waals surface area (Å²) in [5.74, 6) is 0.580. The van der Waals surface area contributed by atoms with Gasteiger partial charge in [-0.15, -0.1) is 0 Å². The largest absolute Gasteiger partial charge is 0.456 e. The molecule has 256 valence electrons. The highest BCUT2D eigenvalue weighted by Crippen LogP contribution is 2.46. The van der Waals surface area contributed by atoms with Gasteiger partial charge in [-0.05, 0) is 91.6 Å². The number of nitrogens with zero attached hydrogens (tertiary/aromatic N) is 2. The Morgan fingerprint density at radius 3 is 1.93 bits per heavy atom. The molecule has 4 nitrogen and oxygen atoms in total. The summed E-state index contributed by atoms with van der Waals surface area (Å²) >= 11 is 0. The number of oxazole rings is 1. The summed E-state index contributed by atoms with van der Waals surface area (Å²) in [4.78, 5) is 7.43. The second-order valence-corrected chi connectivity index (χ2v) is 14.3. The number of fused-ring (bicyclic) bond motifs is 12. The Bertz CT molecular complexity index is 3520. The van der Waals surface area contributed by atoms with Crippen LogP contribution in [-0.4, -0.2) is 4.98 Å². The van der Waals surface area contributed by atoms with Gasteiger partial charge < -0.3 is 13.7 Å². The molecular weight excluding hydrogens is 673 g/mol. The highest BCUT2D eigenvalue weighted by Gasteiger charge is 2.22. The average molecular weight is 703 g/mol. The van der Waals surface area contributed by atoms with Crippen LogP contribution >= 0.6 is 0 Å². The van der Waals surface area contributed by atoms with Crippen molar-refractivity contribution in [3.63, 3.8) is 0 Å². The van der Waals surface area contributed by atoms with Gasteiger partial charge in [-0.1, -0.05) is 127 Å². The molecule has 0 saturated carbocycles. The van der Waals surface area contributed by atoms with Crippen LogP contribution in [0.25, 0.3) is 98.4 Å². The van der Waals surface area contributed by atoms with Gasteiger partial charge in [0.25, 0.3) is 0 Å². The lowest BCUT2D eigenvalue weighted by atomic mass is 9.95. The Balaban J connectivity index is 1.09. The third kappa shape index (κ3) is 4.55. The summed E-state index contributed by atoms with van der Waals surface area (Å²) < 4.78 is 13.1. The van der Waals surface area contributed by atoms with E-state index in [0.717, 1.165) is 66.4 Å². The summed E-state index contributed by atoms with van der Waals surface area (Å²) in [6.45, 7) is 0.